The third-order valence-corrected chi connectivity index (χ3v) is 2.93. The monoisotopic (exact) mass is 236 g/mol. The first kappa shape index (κ1) is 11.3. The van der Waals surface area contributed by atoms with Gasteiger partial charge < -0.3 is 10.6 Å². The second-order valence-corrected chi connectivity index (χ2v) is 4.51. The molecule has 1 aromatic heterocycles. The molecular weight excluding hydrogens is 220 g/mol. The van der Waals surface area contributed by atoms with Gasteiger partial charge in [0.1, 0.15) is 0 Å². The first-order valence-electron chi connectivity index (χ1n) is 5.61. The zero-order valence-corrected chi connectivity index (χ0v) is 10.2. The van der Waals surface area contributed by atoms with Crippen LogP contribution in [0.15, 0.2) is 12.3 Å². The van der Waals surface area contributed by atoms with Gasteiger partial charge in [-0.3, -0.25) is 0 Å². The first-order valence-corrected chi connectivity index (χ1v) is 6.02. The van der Waals surface area contributed by atoms with Gasteiger partial charge in [-0.25, -0.2) is 9.97 Å². The molecule has 2 N–H and O–H groups in total. The van der Waals surface area contributed by atoms with Crippen LogP contribution in [0, 0.1) is 6.92 Å². The maximum absolute atomic E-state index is 5.21. The molecule has 0 spiro atoms. The average Bonchev–Trinajstić information content (AvgIpc) is 2.70. The van der Waals surface area contributed by atoms with Gasteiger partial charge in [0.05, 0.1) is 0 Å². The van der Waals surface area contributed by atoms with Gasteiger partial charge >= 0.3 is 0 Å². The Morgan fingerprint density at radius 1 is 1.44 bits per heavy atom. The smallest absolute Gasteiger partial charge is 0.229 e. The number of rotatable bonds is 2. The Bertz CT molecular complexity index is 374. The molecule has 1 saturated carbocycles. The van der Waals surface area contributed by atoms with Crippen molar-refractivity contribution >= 4 is 23.3 Å². The molecule has 1 aliphatic carbocycles. The zero-order chi connectivity index (χ0) is 11.4. The summed E-state index contributed by atoms with van der Waals surface area (Å²) in [6, 6.07) is 2.38. The molecule has 0 aromatic carbocycles. The van der Waals surface area contributed by atoms with E-state index in [0.29, 0.717) is 17.1 Å². The van der Waals surface area contributed by atoms with Crippen molar-refractivity contribution < 1.29 is 0 Å². The molecule has 0 atom stereocenters. The van der Waals surface area contributed by atoms with Crippen LogP contribution in [-0.4, -0.2) is 21.1 Å². The summed E-state index contributed by atoms with van der Waals surface area (Å²) < 4.78 is 0. The second-order valence-electron chi connectivity index (χ2n) is 4.10. The van der Waals surface area contributed by atoms with E-state index < -0.39 is 0 Å². The van der Waals surface area contributed by atoms with Gasteiger partial charge in [-0.15, -0.1) is 0 Å². The predicted molar refractivity (Wildman–Crippen MR) is 68.4 cm³/mol. The molecule has 86 valence electrons. The highest BCUT2D eigenvalue weighted by Crippen LogP contribution is 2.17. The van der Waals surface area contributed by atoms with E-state index in [2.05, 4.69) is 20.6 Å². The van der Waals surface area contributed by atoms with Crippen molar-refractivity contribution in [3.05, 3.63) is 18.0 Å². The molecule has 0 radical (unpaired) electrons. The molecule has 1 heterocycles. The fraction of sp³-hybridized carbons (Fsp3) is 0.545. The Labute approximate surface area is 101 Å². The molecule has 1 aromatic rings. The highest BCUT2D eigenvalue weighted by molar-refractivity contribution is 7.80. The SMILES string of the molecule is Cc1ccnc(NC(=S)NC2CCCC2)n1. The van der Waals surface area contributed by atoms with E-state index >= 15 is 0 Å². The van der Waals surface area contributed by atoms with Gasteiger partial charge in [-0.1, -0.05) is 12.8 Å². The molecule has 1 aliphatic rings. The van der Waals surface area contributed by atoms with Gasteiger partial charge in [0.15, 0.2) is 5.11 Å². The number of hydrogen-bond donors (Lipinski definition) is 2. The lowest BCUT2D eigenvalue weighted by Gasteiger charge is -2.14. The molecule has 4 nitrogen and oxygen atoms in total. The normalized spacial score (nSPS) is 16.1. The maximum atomic E-state index is 5.21. The molecule has 1 fully saturated rings. The van der Waals surface area contributed by atoms with Crippen LogP contribution in [0.1, 0.15) is 31.4 Å². The third kappa shape index (κ3) is 3.13. The van der Waals surface area contributed by atoms with Crippen molar-refractivity contribution in [1.82, 2.24) is 15.3 Å². The van der Waals surface area contributed by atoms with E-state index in [1.165, 1.54) is 25.7 Å². The first-order chi connectivity index (χ1) is 7.74. The van der Waals surface area contributed by atoms with Crippen molar-refractivity contribution in [2.24, 2.45) is 0 Å². The maximum Gasteiger partial charge on any atom is 0.229 e. The van der Waals surface area contributed by atoms with Crippen molar-refractivity contribution in [2.75, 3.05) is 5.32 Å². The average molecular weight is 236 g/mol. The number of anilines is 1. The number of hydrogen-bond acceptors (Lipinski definition) is 3. The fourth-order valence-corrected chi connectivity index (χ4v) is 2.16. The summed E-state index contributed by atoms with van der Waals surface area (Å²) in [5.74, 6) is 0.565. The Balaban J connectivity index is 1.86. The van der Waals surface area contributed by atoms with Gasteiger partial charge in [0.25, 0.3) is 0 Å². The lowest BCUT2D eigenvalue weighted by atomic mass is 10.3. The minimum atomic E-state index is 0.518. The highest BCUT2D eigenvalue weighted by atomic mass is 32.1. The van der Waals surface area contributed by atoms with Crippen molar-refractivity contribution in [1.29, 1.82) is 0 Å². The Morgan fingerprint density at radius 3 is 2.88 bits per heavy atom. The van der Waals surface area contributed by atoms with Crippen molar-refractivity contribution in [3.63, 3.8) is 0 Å². The van der Waals surface area contributed by atoms with E-state index in [0.717, 1.165) is 5.69 Å². The lowest BCUT2D eigenvalue weighted by molar-refractivity contribution is 0.634. The molecule has 0 aliphatic heterocycles. The zero-order valence-electron chi connectivity index (χ0n) is 9.36. The van der Waals surface area contributed by atoms with Crippen LogP contribution >= 0.6 is 12.2 Å². The van der Waals surface area contributed by atoms with Gasteiger partial charge in [0, 0.05) is 17.9 Å². The van der Waals surface area contributed by atoms with E-state index in [1.54, 1.807) is 6.20 Å². The molecule has 0 amide bonds. The van der Waals surface area contributed by atoms with Crippen LogP contribution in [-0.2, 0) is 0 Å². The van der Waals surface area contributed by atoms with Gasteiger partial charge in [-0.05, 0) is 38.0 Å². The molecule has 16 heavy (non-hydrogen) atoms. The van der Waals surface area contributed by atoms with Gasteiger partial charge in [-0.2, -0.15) is 0 Å². The van der Waals surface area contributed by atoms with Crippen LogP contribution in [0.2, 0.25) is 0 Å². The van der Waals surface area contributed by atoms with Crippen LogP contribution in [0.25, 0.3) is 0 Å². The Morgan fingerprint density at radius 2 is 2.19 bits per heavy atom. The number of thiocarbonyl (C=S) groups is 1. The summed E-state index contributed by atoms with van der Waals surface area (Å²) >= 11 is 5.21. The molecule has 2 rings (SSSR count). The minimum Gasteiger partial charge on any atom is -0.360 e. The van der Waals surface area contributed by atoms with Crippen LogP contribution in [0.4, 0.5) is 5.95 Å². The third-order valence-electron chi connectivity index (χ3n) is 2.71. The highest BCUT2D eigenvalue weighted by Gasteiger charge is 2.15. The number of aromatic nitrogens is 2. The van der Waals surface area contributed by atoms with Crippen molar-refractivity contribution in [2.45, 2.75) is 38.6 Å². The van der Waals surface area contributed by atoms with Crippen molar-refractivity contribution in [3.8, 4) is 0 Å². The minimum absolute atomic E-state index is 0.518. The number of aryl methyl sites for hydroxylation is 1. The Kier molecular flexibility index (Phi) is 3.66. The molecular formula is C11H16N4S. The molecule has 0 saturated heterocycles. The Hall–Kier alpha value is -1.23. The largest absolute Gasteiger partial charge is 0.360 e. The van der Waals surface area contributed by atoms with Crippen LogP contribution < -0.4 is 10.6 Å². The van der Waals surface area contributed by atoms with E-state index in [1.807, 2.05) is 13.0 Å². The number of nitrogens with zero attached hydrogens (tertiary/aromatic N) is 2. The summed E-state index contributed by atoms with van der Waals surface area (Å²) in [6.07, 6.45) is 6.72. The van der Waals surface area contributed by atoms with E-state index in [-0.39, 0.29) is 0 Å². The standard InChI is InChI=1S/C11H16N4S/c1-8-6-7-12-10(13-8)15-11(16)14-9-4-2-3-5-9/h6-7,9H,2-5H2,1H3,(H2,12,13,14,15,16). The van der Waals surface area contributed by atoms with E-state index in [9.17, 15) is 0 Å². The predicted octanol–water partition coefficient (Wildman–Crippen LogP) is 2.01. The summed E-state index contributed by atoms with van der Waals surface area (Å²) in [5, 5.41) is 6.92. The topological polar surface area (TPSA) is 49.8 Å². The van der Waals surface area contributed by atoms with E-state index in [4.69, 9.17) is 12.2 Å². The lowest BCUT2D eigenvalue weighted by Crippen LogP contribution is -2.36. The fourth-order valence-electron chi connectivity index (χ4n) is 1.90. The quantitative estimate of drug-likeness (QED) is 0.769. The molecule has 5 heteroatoms. The number of nitrogens with one attached hydrogen (secondary N) is 2. The molecule has 0 bridgehead atoms. The summed E-state index contributed by atoms with van der Waals surface area (Å²) in [7, 11) is 0. The van der Waals surface area contributed by atoms with Crippen LogP contribution in [0.5, 0.6) is 0 Å². The van der Waals surface area contributed by atoms with Gasteiger partial charge in [0.2, 0.25) is 5.95 Å². The second kappa shape index (κ2) is 5.21. The summed E-state index contributed by atoms with van der Waals surface area (Å²) in [6.45, 7) is 1.93. The van der Waals surface area contributed by atoms with Crippen LogP contribution in [0.3, 0.4) is 0 Å². The summed E-state index contributed by atoms with van der Waals surface area (Å²) in [4.78, 5) is 8.34. The molecule has 0 unspecified atom stereocenters. The summed E-state index contributed by atoms with van der Waals surface area (Å²) in [5.41, 5.74) is 0.932.